The van der Waals surface area contributed by atoms with E-state index in [0.29, 0.717) is 13.0 Å². The minimum atomic E-state index is 0.229. The maximum atomic E-state index is 12.6. The van der Waals surface area contributed by atoms with E-state index >= 15 is 0 Å². The van der Waals surface area contributed by atoms with E-state index in [0.717, 1.165) is 56.2 Å². The van der Waals surface area contributed by atoms with Crippen LogP contribution in [0.3, 0.4) is 0 Å². The average molecular weight is 423 g/mol. The molecule has 1 heterocycles. The number of rotatable bonds is 8. The maximum Gasteiger partial charge on any atom is 0.222 e. The SMILES string of the molecule is CN=C(NCCCC(=O)N1CCc2ccccc2C1)NCCc1ccc(C)c(OC)c1. The zero-order chi connectivity index (χ0) is 22.1. The van der Waals surface area contributed by atoms with Gasteiger partial charge in [0.15, 0.2) is 5.96 Å². The molecule has 2 N–H and O–H groups in total. The Kier molecular flexibility index (Phi) is 8.33. The highest BCUT2D eigenvalue weighted by Crippen LogP contribution is 2.20. The number of methoxy groups -OCH3 is 1. The van der Waals surface area contributed by atoms with Gasteiger partial charge in [0.05, 0.1) is 7.11 Å². The minimum absolute atomic E-state index is 0.229. The lowest BCUT2D eigenvalue weighted by atomic mass is 9.99. The third-order valence-corrected chi connectivity index (χ3v) is 5.75. The lowest BCUT2D eigenvalue weighted by Gasteiger charge is -2.29. The van der Waals surface area contributed by atoms with Gasteiger partial charge in [-0.2, -0.15) is 0 Å². The molecular weight excluding hydrogens is 388 g/mol. The Hall–Kier alpha value is -3.02. The van der Waals surface area contributed by atoms with Crippen molar-refractivity contribution >= 4 is 11.9 Å². The second kappa shape index (κ2) is 11.4. The van der Waals surface area contributed by atoms with Crippen molar-refractivity contribution in [2.45, 2.75) is 39.2 Å². The molecule has 0 radical (unpaired) electrons. The van der Waals surface area contributed by atoms with Crippen LogP contribution in [0, 0.1) is 6.92 Å². The Labute approximate surface area is 185 Å². The van der Waals surface area contributed by atoms with Gasteiger partial charge < -0.3 is 20.3 Å². The smallest absolute Gasteiger partial charge is 0.222 e. The molecule has 2 aromatic rings. The first-order valence-corrected chi connectivity index (χ1v) is 11.0. The van der Waals surface area contributed by atoms with Crippen molar-refractivity contribution in [2.24, 2.45) is 4.99 Å². The second-order valence-corrected chi connectivity index (χ2v) is 7.92. The molecule has 0 aliphatic carbocycles. The van der Waals surface area contributed by atoms with Crippen molar-refractivity contribution in [2.75, 3.05) is 33.8 Å². The van der Waals surface area contributed by atoms with Crippen LogP contribution in [0.5, 0.6) is 5.75 Å². The third-order valence-electron chi connectivity index (χ3n) is 5.75. The Bertz CT molecular complexity index is 910. The first-order valence-electron chi connectivity index (χ1n) is 11.0. The molecule has 31 heavy (non-hydrogen) atoms. The average Bonchev–Trinajstić information content (AvgIpc) is 2.81. The summed E-state index contributed by atoms with van der Waals surface area (Å²) >= 11 is 0. The van der Waals surface area contributed by atoms with Crippen molar-refractivity contribution in [1.29, 1.82) is 0 Å². The van der Waals surface area contributed by atoms with Gasteiger partial charge in [-0.3, -0.25) is 9.79 Å². The molecule has 1 aliphatic heterocycles. The summed E-state index contributed by atoms with van der Waals surface area (Å²) in [7, 11) is 3.46. The molecule has 0 unspecified atom stereocenters. The highest BCUT2D eigenvalue weighted by molar-refractivity contribution is 5.80. The number of carbonyl (C=O) groups is 1. The summed E-state index contributed by atoms with van der Waals surface area (Å²) in [6.45, 7) is 5.08. The van der Waals surface area contributed by atoms with Crippen LogP contribution in [0.4, 0.5) is 0 Å². The van der Waals surface area contributed by atoms with E-state index in [2.05, 4.69) is 52.0 Å². The molecule has 0 saturated carbocycles. The van der Waals surface area contributed by atoms with Gasteiger partial charge in [0.25, 0.3) is 0 Å². The molecule has 6 nitrogen and oxygen atoms in total. The monoisotopic (exact) mass is 422 g/mol. The molecule has 2 aromatic carbocycles. The molecule has 6 heteroatoms. The zero-order valence-corrected chi connectivity index (χ0v) is 18.9. The summed E-state index contributed by atoms with van der Waals surface area (Å²) in [6, 6.07) is 14.7. The van der Waals surface area contributed by atoms with Crippen LogP contribution >= 0.6 is 0 Å². The fourth-order valence-electron chi connectivity index (χ4n) is 3.88. The molecular formula is C25H34N4O2. The lowest BCUT2D eigenvalue weighted by Crippen LogP contribution is -2.39. The van der Waals surface area contributed by atoms with Crippen LogP contribution < -0.4 is 15.4 Å². The molecule has 0 spiro atoms. The van der Waals surface area contributed by atoms with Gasteiger partial charge in [-0.1, -0.05) is 36.4 Å². The molecule has 1 aliphatic rings. The minimum Gasteiger partial charge on any atom is -0.496 e. The summed E-state index contributed by atoms with van der Waals surface area (Å²) in [4.78, 5) is 18.8. The largest absolute Gasteiger partial charge is 0.496 e. The number of nitrogens with zero attached hydrogens (tertiary/aromatic N) is 2. The number of ether oxygens (including phenoxy) is 1. The van der Waals surface area contributed by atoms with E-state index in [1.54, 1.807) is 14.2 Å². The van der Waals surface area contributed by atoms with Crippen molar-refractivity contribution in [3.8, 4) is 5.75 Å². The first kappa shape index (κ1) is 22.7. The molecule has 1 amide bonds. The first-order chi connectivity index (χ1) is 15.1. The van der Waals surface area contributed by atoms with Crippen molar-refractivity contribution in [3.05, 3.63) is 64.7 Å². The number of nitrogens with one attached hydrogen (secondary N) is 2. The van der Waals surface area contributed by atoms with Gasteiger partial charge in [-0.15, -0.1) is 0 Å². The zero-order valence-electron chi connectivity index (χ0n) is 18.9. The summed E-state index contributed by atoms with van der Waals surface area (Å²) in [6.07, 6.45) is 3.16. The highest BCUT2D eigenvalue weighted by atomic mass is 16.5. The summed E-state index contributed by atoms with van der Waals surface area (Å²) in [5.41, 5.74) is 5.00. The number of aryl methyl sites for hydroxylation is 1. The molecule has 0 fully saturated rings. The molecule has 0 bridgehead atoms. The predicted octanol–water partition coefficient (Wildman–Crippen LogP) is 3.08. The van der Waals surface area contributed by atoms with Crippen molar-refractivity contribution in [1.82, 2.24) is 15.5 Å². The van der Waals surface area contributed by atoms with Gasteiger partial charge >= 0.3 is 0 Å². The molecule has 166 valence electrons. The predicted molar refractivity (Wildman–Crippen MR) is 126 cm³/mol. The number of fused-ring (bicyclic) bond motifs is 1. The number of hydrogen-bond acceptors (Lipinski definition) is 3. The third kappa shape index (κ3) is 6.48. The number of carbonyl (C=O) groups excluding carboxylic acids is 1. The second-order valence-electron chi connectivity index (χ2n) is 7.92. The van der Waals surface area contributed by atoms with E-state index in [4.69, 9.17) is 4.74 Å². The van der Waals surface area contributed by atoms with Gasteiger partial charge in [0.2, 0.25) is 5.91 Å². The van der Waals surface area contributed by atoms with Crippen LogP contribution in [0.2, 0.25) is 0 Å². The molecule has 0 atom stereocenters. The van der Waals surface area contributed by atoms with Gasteiger partial charge in [-0.25, -0.2) is 0 Å². The number of hydrogen-bond donors (Lipinski definition) is 2. The van der Waals surface area contributed by atoms with Crippen LogP contribution in [-0.2, 0) is 24.2 Å². The Morgan fingerprint density at radius 3 is 2.68 bits per heavy atom. The standard InChI is InChI=1S/C25H34N4O2/c1-19-10-11-20(17-23(19)31-3)12-15-28-25(26-2)27-14-6-9-24(30)29-16-13-21-7-4-5-8-22(21)18-29/h4-5,7-8,10-11,17H,6,9,12-16,18H2,1-3H3,(H2,26,27,28). The van der Waals surface area contributed by atoms with Crippen LogP contribution in [-0.4, -0.2) is 50.6 Å². The molecule has 3 rings (SSSR count). The van der Waals surface area contributed by atoms with E-state index < -0.39 is 0 Å². The van der Waals surface area contributed by atoms with Crippen LogP contribution in [0.1, 0.15) is 35.1 Å². The maximum absolute atomic E-state index is 12.6. The Balaban J connectivity index is 1.34. The number of guanidine groups is 1. The van der Waals surface area contributed by atoms with E-state index in [1.165, 1.54) is 16.7 Å². The van der Waals surface area contributed by atoms with Gasteiger partial charge in [0.1, 0.15) is 5.75 Å². The topological polar surface area (TPSA) is 66.0 Å². The fourth-order valence-corrected chi connectivity index (χ4v) is 3.88. The normalized spacial score (nSPS) is 13.5. The number of aliphatic imine (C=N–C) groups is 1. The van der Waals surface area contributed by atoms with Gasteiger partial charge in [-0.05, 0) is 54.5 Å². The Morgan fingerprint density at radius 1 is 1.13 bits per heavy atom. The van der Waals surface area contributed by atoms with E-state index in [1.807, 2.05) is 17.9 Å². The van der Waals surface area contributed by atoms with Crippen molar-refractivity contribution in [3.63, 3.8) is 0 Å². The van der Waals surface area contributed by atoms with Crippen LogP contribution in [0.25, 0.3) is 0 Å². The highest BCUT2D eigenvalue weighted by Gasteiger charge is 2.19. The Morgan fingerprint density at radius 2 is 1.90 bits per heavy atom. The fraction of sp³-hybridized carbons (Fsp3) is 0.440. The number of amides is 1. The van der Waals surface area contributed by atoms with Crippen molar-refractivity contribution < 1.29 is 9.53 Å². The van der Waals surface area contributed by atoms with E-state index in [-0.39, 0.29) is 5.91 Å². The quantitative estimate of drug-likeness (QED) is 0.390. The van der Waals surface area contributed by atoms with Gasteiger partial charge in [0, 0.05) is 39.6 Å². The summed E-state index contributed by atoms with van der Waals surface area (Å²) in [5, 5.41) is 6.64. The van der Waals surface area contributed by atoms with E-state index in [9.17, 15) is 4.79 Å². The molecule has 0 saturated heterocycles. The lowest BCUT2D eigenvalue weighted by molar-refractivity contribution is -0.132. The molecule has 0 aromatic heterocycles. The summed E-state index contributed by atoms with van der Waals surface area (Å²) in [5.74, 6) is 1.91. The van der Waals surface area contributed by atoms with Crippen LogP contribution in [0.15, 0.2) is 47.5 Å². The summed E-state index contributed by atoms with van der Waals surface area (Å²) < 4.78 is 5.39. The number of benzene rings is 2.